The monoisotopic (exact) mass is 274 g/mol. The van der Waals surface area contributed by atoms with Gasteiger partial charge in [-0.15, -0.1) is 0 Å². The summed E-state index contributed by atoms with van der Waals surface area (Å²) >= 11 is 1.89. The molecule has 0 spiro atoms. The molecular weight excluding hydrogens is 256 g/mol. The molecule has 3 nitrogen and oxygen atoms in total. The van der Waals surface area contributed by atoms with Crippen molar-refractivity contribution < 1.29 is 4.79 Å². The Morgan fingerprint density at radius 1 is 1.58 bits per heavy atom. The van der Waals surface area contributed by atoms with E-state index in [0.29, 0.717) is 18.2 Å². The van der Waals surface area contributed by atoms with Crippen molar-refractivity contribution in [1.82, 2.24) is 5.32 Å². The van der Waals surface area contributed by atoms with Crippen LogP contribution >= 0.6 is 11.8 Å². The van der Waals surface area contributed by atoms with Crippen LogP contribution in [-0.2, 0) is 0 Å². The van der Waals surface area contributed by atoms with Crippen molar-refractivity contribution in [2.24, 2.45) is 5.73 Å². The maximum Gasteiger partial charge on any atom is 0.251 e. The maximum atomic E-state index is 12.1. The maximum absolute atomic E-state index is 12.1. The van der Waals surface area contributed by atoms with E-state index >= 15 is 0 Å². The molecule has 4 heteroatoms. The van der Waals surface area contributed by atoms with E-state index < -0.39 is 0 Å². The summed E-state index contributed by atoms with van der Waals surface area (Å²) < 4.78 is 0. The van der Waals surface area contributed by atoms with Crippen LogP contribution in [0.15, 0.2) is 18.2 Å². The average molecular weight is 274 g/mol. The molecular formula is C15H18N2OS. The minimum absolute atomic E-state index is 0.00827. The van der Waals surface area contributed by atoms with Crippen molar-refractivity contribution in [3.8, 4) is 11.8 Å². The highest BCUT2D eigenvalue weighted by Gasteiger charge is 2.18. The van der Waals surface area contributed by atoms with Gasteiger partial charge in [0.15, 0.2) is 0 Å². The molecule has 1 atom stereocenters. The van der Waals surface area contributed by atoms with Gasteiger partial charge in [0.05, 0.1) is 6.54 Å². The molecule has 1 aliphatic rings. The Hall–Kier alpha value is -1.44. The molecule has 3 N–H and O–H groups in total. The summed E-state index contributed by atoms with van der Waals surface area (Å²) in [6, 6.07) is 5.91. The SMILES string of the molecule is Cc1cc(C(=O)NC2CCSC2)ccc1C#CCN. The number of nitrogens with one attached hydrogen (secondary N) is 1. The molecule has 0 saturated carbocycles. The number of nitrogens with two attached hydrogens (primary N) is 1. The fraction of sp³-hybridized carbons (Fsp3) is 0.400. The third-order valence-electron chi connectivity index (χ3n) is 3.08. The third kappa shape index (κ3) is 3.76. The zero-order valence-electron chi connectivity index (χ0n) is 11.0. The highest BCUT2D eigenvalue weighted by atomic mass is 32.2. The van der Waals surface area contributed by atoms with Crippen LogP contribution in [-0.4, -0.2) is 30.0 Å². The van der Waals surface area contributed by atoms with Gasteiger partial charge in [-0.05, 0) is 42.9 Å². The van der Waals surface area contributed by atoms with Crippen LogP contribution in [0.25, 0.3) is 0 Å². The Morgan fingerprint density at radius 3 is 3.05 bits per heavy atom. The van der Waals surface area contributed by atoms with E-state index in [-0.39, 0.29) is 5.91 Å². The Morgan fingerprint density at radius 2 is 2.42 bits per heavy atom. The van der Waals surface area contributed by atoms with E-state index in [2.05, 4.69) is 17.2 Å². The van der Waals surface area contributed by atoms with Gasteiger partial charge in [-0.3, -0.25) is 4.79 Å². The second-order valence-corrected chi connectivity index (χ2v) is 5.72. The summed E-state index contributed by atoms with van der Waals surface area (Å²) in [5.41, 5.74) is 8.00. The Labute approximate surface area is 118 Å². The number of benzene rings is 1. The number of hydrogen-bond acceptors (Lipinski definition) is 3. The van der Waals surface area contributed by atoms with Crippen LogP contribution in [0, 0.1) is 18.8 Å². The number of thioether (sulfide) groups is 1. The summed E-state index contributed by atoms with van der Waals surface area (Å²) in [6.45, 7) is 2.31. The lowest BCUT2D eigenvalue weighted by atomic mass is 10.0. The molecule has 0 aliphatic carbocycles. The lowest BCUT2D eigenvalue weighted by Crippen LogP contribution is -2.34. The van der Waals surface area contributed by atoms with E-state index in [4.69, 9.17) is 5.73 Å². The minimum Gasteiger partial charge on any atom is -0.348 e. The molecule has 1 aliphatic heterocycles. The first-order valence-corrected chi connectivity index (χ1v) is 7.54. The summed E-state index contributed by atoms with van der Waals surface area (Å²) in [4.78, 5) is 12.1. The van der Waals surface area contributed by atoms with Crippen LogP contribution in [0.4, 0.5) is 0 Å². The lowest BCUT2D eigenvalue weighted by molar-refractivity contribution is 0.0941. The number of carbonyl (C=O) groups excluding carboxylic acids is 1. The molecule has 0 radical (unpaired) electrons. The zero-order valence-corrected chi connectivity index (χ0v) is 11.8. The fourth-order valence-electron chi connectivity index (χ4n) is 2.01. The van der Waals surface area contributed by atoms with Crippen molar-refractivity contribution in [2.45, 2.75) is 19.4 Å². The quantitative estimate of drug-likeness (QED) is 0.804. The van der Waals surface area contributed by atoms with Gasteiger partial charge in [0.1, 0.15) is 0 Å². The summed E-state index contributed by atoms with van der Waals surface area (Å²) in [5.74, 6) is 7.99. The van der Waals surface area contributed by atoms with E-state index in [9.17, 15) is 4.79 Å². The first-order chi connectivity index (χ1) is 9.20. The molecule has 2 rings (SSSR count). The zero-order chi connectivity index (χ0) is 13.7. The minimum atomic E-state index is 0.00827. The lowest BCUT2D eigenvalue weighted by Gasteiger charge is -2.11. The summed E-state index contributed by atoms with van der Waals surface area (Å²) in [6.07, 6.45) is 1.06. The average Bonchev–Trinajstić information content (AvgIpc) is 2.90. The van der Waals surface area contributed by atoms with Crippen LogP contribution in [0.1, 0.15) is 27.9 Å². The standard InChI is InChI=1S/C15H18N2OS/c1-11-9-13(5-4-12(11)3-2-7-16)15(18)17-14-6-8-19-10-14/h4-5,9,14H,6-8,10,16H2,1H3,(H,17,18). The number of aryl methyl sites for hydroxylation is 1. The van der Waals surface area contributed by atoms with Gasteiger partial charge >= 0.3 is 0 Å². The third-order valence-corrected chi connectivity index (χ3v) is 4.24. The van der Waals surface area contributed by atoms with Gasteiger partial charge in [0.25, 0.3) is 5.91 Å². The predicted molar refractivity (Wildman–Crippen MR) is 80.3 cm³/mol. The fourth-order valence-corrected chi connectivity index (χ4v) is 3.16. The number of carbonyl (C=O) groups is 1. The van der Waals surface area contributed by atoms with Crippen molar-refractivity contribution in [3.63, 3.8) is 0 Å². The molecule has 100 valence electrons. The van der Waals surface area contributed by atoms with Gasteiger partial charge in [-0.25, -0.2) is 0 Å². The molecule has 1 heterocycles. The van der Waals surface area contributed by atoms with E-state index in [1.165, 1.54) is 0 Å². The molecule has 19 heavy (non-hydrogen) atoms. The topological polar surface area (TPSA) is 55.1 Å². The molecule has 1 saturated heterocycles. The number of hydrogen-bond donors (Lipinski definition) is 2. The molecule has 1 unspecified atom stereocenters. The van der Waals surface area contributed by atoms with Crippen molar-refractivity contribution in [3.05, 3.63) is 34.9 Å². The van der Waals surface area contributed by atoms with Gasteiger partial charge in [-0.2, -0.15) is 11.8 Å². The van der Waals surface area contributed by atoms with Crippen LogP contribution in [0.3, 0.4) is 0 Å². The number of amides is 1. The highest BCUT2D eigenvalue weighted by Crippen LogP contribution is 2.18. The van der Waals surface area contributed by atoms with Gasteiger partial charge < -0.3 is 11.1 Å². The van der Waals surface area contributed by atoms with Crippen LogP contribution in [0.2, 0.25) is 0 Å². The first kappa shape index (κ1) is 14.0. The smallest absolute Gasteiger partial charge is 0.251 e. The van der Waals surface area contributed by atoms with E-state index in [1.807, 2.05) is 36.9 Å². The van der Waals surface area contributed by atoms with Crippen LogP contribution in [0.5, 0.6) is 0 Å². The van der Waals surface area contributed by atoms with E-state index in [1.54, 1.807) is 0 Å². The summed E-state index contributed by atoms with van der Waals surface area (Å²) in [5, 5.41) is 3.07. The largest absolute Gasteiger partial charge is 0.348 e. The molecule has 1 fully saturated rings. The molecule has 0 bridgehead atoms. The van der Waals surface area contributed by atoms with Crippen LogP contribution < -0.4 is 11.1 Å². The molecule has 1 amide bonds. The Balaban J connectivity index is 2.08. The second-order valence-electron chi connectivity index (χ2n) is 4.57. The van der Waals surface area contributed by atoms with Crippen molar-refractivity contribution in [1.29, 1.82) is 0 Å². The predicted octanol–water partition coefficient (Wildman–Crippen LogP) is 1.54. The molecule has 1 aromatic carbocycles. The Bertz CT molecular complexity index is 525. The van der Waals surface area contributed by atoms with E-state index in [0.717, 1.165) is 29.1 Å². The highest BCUT2D eigenvalue weighted by molar-refractivity contribution is 7.99. The van der Waals surface area contributed by atoms with Gasteiger partial charge in [-0.1, -0.05) is 11.8 Å². The Kier molecular flexibility index (Phi) is 4.89. The molecule has 0 aromatic heterocycles. The van der Waals surface area contributed by atoms with Gasteiger partial charge in [0.2, 0.25) is 0 Å². The first-order valence-electron chi connectivity index (χ1n) is 6.39. The van der Waals surface area contributed by atoms with Crippen molar-refractivity contribution in [2.75, 3.05) is 18.1 Å². The summed E-state index contributed by atoms with van der Waals surface area (Å²) in [7, 11) is 0. The second kappa shape index (κ2) is 6.65. The van der Waals surface area contributed by atoms with Crippen molar-refractivity contribution >= 4 is 17.7 Å². The number of rotatable bonds is 2. The molecule has 1 aromatic rings. The van der Waals surface area contributed by atoms with Gasteiger partial charge in [0, 0.05) is 22.9 Å². The normalized spacial score (nSPS) is 17.7.